The third-order valence-electron chi connectivity index (χ3n) is 18.2. The van der Waals surface area contributed by atoms with Gasteiger partial charge in [0.1, 0.15) is 98.7 Å². The fourth-order valence-corrected chi connectivity index (χ4v) is 13.1. The molecule has 0 spiro atoms. The Kier molecular flexibility index (Phi) is 48.7. The second-order valence-electron chi connectivity index (χ2n) is 26.7. The Labute approximate surface area is 573 Å². The van der Waals surface area contributed by atoms with Gasteiger partial charge in [0.05, 0.1) is 13.2 Å². The standard InChI is InChI=1S/C71H129O24P/c1-4-7-10-13-16-19-22-25-26-29-32-35-38-41-44-47-57(75)90-52(49-87-55(73)45-42-39-36-33-30-27-23-20-17-14-11-8-5-2)50-89-96(85,86)95-69-67(93-70-65(83)60(78)58(76)53(48-72)91-70)63(81)62(80)64(82)68(69)94-71-66(84)61(79)59(77)54(92-71)51-88-56(74)46-43-40-37-34-31-28-24-21-18-15-12-9-6-3/h27-28,30-31,52-54,58-72,76-84H,4-26,29,32-51H2,1-3H3,(H,85,86)/b30-27-,31-28-. The summed E-state index contributed by atoms with van der Waals surface area (Å²) in [5.41, 5.74) is 0. The molecular weight excluding hydrogens is 1270 g/mol. The Morgan fingerprint density at radius 3 is 1.14 bits per heavy atom. The van der Waals surface area contributed by atoms with E-state index in [1.54, 1.807) is 0 Å². The van der Waals surface area contributed by atoms with Crippen LogP contribution in [0.5, 0.6) is 0 Å². The Bertz CT molecular complexity index is 2090. The number of phosphoric ester groups is 1. The van der Waals surface area contributed by atoms with Crippen LogP contribution < -0.4 is 0 Å². The number of hydrogen-bond donors (Lipinski definition) is 11. The molecule has 24 nitrogen and oxygen atoms in total. The molecular formula is C71H129O24P. The molecule has 0 bridgehead atoms. The van der Waals surface area contributed by atoms with Crippen molar-refractivity contribution in [2.24, 2.45) is 0 Å². The van der Waals surface area contributed by atoms with Crippen molar-refractivity contribution < 1.29 is 117 Å². The van der Waals surface area contributed by atoms with Gasteiger partial charge in [0, 0.05) is 19.3 Å². The number of rotatable bonds is 57. The highest BCUT2D eigenvalue weighted by atomic mass is 31.2. The molecule has 562 valence electrons. The van der Waals surface area contributed by atoms with E-state index in [0.29, 0.717) is 19.3 Å². The molecule has 3 rings (SSSR count). The number of phosphoric acid groups is 1. The van der Waals surface area contributed by atoms with Crippen LogP contribution in [0.15, 0.2) is 24.3 Å². The van der Waals surface area contributed by atoms with Crippen molar-refractivity contribution in [3.05, 3.63) is 24.3 Å². The molecule has 0 radical (unpaired) electrons. The first kappa shape index (κ1) is 87.7. The van der Waals surface area contributed by atoms with Gasteiger partial charge in [-0.25, -0.2) is 4.57 Å². The van der Waals surface area contributed by atoms with Crippen LogP contribution in [0.25, 0.3) is 0 Å². The first-order valence-electron chi connectivity index (χ1n) is 37.1. The van der Waals surface area contributed by atoms with E-state index in [1.165, 1.54) is 122 Å². The minimum absolute atomic E-state index is 0.00770. The molecule has 11 N–H and O–H groups in total. The van der Waals surface area contributed by atoms with Gasteiger partial charge in [-0.2, -0.15) is 0 Å². The lowest BCUT2D eigenvalue weighted by Crippen LogP contribution is -2.69. The molecule has 0 aromatic rings. The van der Waals surface area contributed by atoms with Crippen LogP contribution in [0.4, 0.5) is 0 Å². The number of allylic oxidation sites excluding steroid dienone is 4. The highest BCUT2D eigenvalue weighted by molar-refractivity contribution is 7.47. The maximum atomic E-state index is 14.3. The molecule has 18 atom stereocenters. The van der Waals surface area contributed by atoms with Crippen molar-refractivity contribution in [3.63, 3.8) is 0 Å². The summed E-state index contributed by atoms with van der Waals surface area (Å²) in [4.78, 5) is 50.9. The summed E-state index contributed by atoms with van der Waals surface area (Å²) < 4.78 is 64.9. The normalized spacial score (nSPS) is 28.1. The Hall–Kier alpha value is -2.56. The smallest absolute Gasteiger partial charge is 0.463 e. The van der Waals surface area contributed by atoms with Crippen molar-refractivity contribution in [2.75, 3.05) is 26.4 Å². The summed E-state index contributed by atoms with van der Waals surface area (Å²) in [7, 11) is -5.70. The zero-order valence-electron chi connectivity index (χ0n) is 58.4. The Morgan fingerprint density at radius 1 is 0.396 bits per heavy atom. The highest BCUT2D eigenvalue weighted by Gasteiger charge is 2.58. The van der Waals surface area contributed by atoms with Gasteiger partial charge in [0.15, 0.2) is 18.7 Å². The molecule has 2 saturated heterocycles. The summed E-state index contributed by atoms with van der Waals surface area (Å²) in [6.45, 7) is 3.40. The molecule has 3 aliphatic rings. The second-order valence-corrected chi connectivity index (χ2v) is 28.1. The molecule has 96 heavy (non-hydrogen) atoms. The van der Waals surface area contributed by atoms with Crippen LogP contribution >= 0.6 is 7.82 Å². The van der Waals surface area contributed by atoms with Crippen molar-refractivity contribution >= 4 is 25.7 Å². The van der Waals surface area contributed by atoms with Gasteiger partial charge in [-0.15, -0.1) is 0 Å². The predicted molar refractivity (Wildman–Crippen MR) is 361 cm³/mol. The molecule has 0 amide bonds. The Morgan fingerprint density at radius 2 is 0.729 bits per heavy atom. The summed E-state index contributed by atoms with van der Waals surface area (Å²) in [6.07, 6.45) is 12.6. The Balaban J connectivity index is 1.75. The van der Waals surface area contributed by atoms with Crippen molar-refractivity contribution in [3.8, 4) is 0 Å². The van der Waals surface area contributed by atoms with Crippen molar-refractivity contribution in [2.45, 2.75) is 382 Å². The van der Waals surface area contributed by atoms with E-state index < -0.39 is 156 Å². The quantitative estimate of drug-likeness (QED) is 0.00886. The maximum Gasteiger partial charge on any atom is 0.472 e. The number of unbranched alkanes of at least 4 members (excludes halogenated alkanes) is 32. The van der Waals surface area contributed by atoms with E-state index >= 15 is 0 Å². The van der Waals surface area contributed by atoms with Crippen LogP contribution in [0.1, 0.15) is 278 Å². The lowest BCUT2D eigenvalue weighted by atomic mass is 9.84. The number of carbonyl (C=O) groups excluding carboxylic acids is 3. The zero-order chi connectivity index (χ0) is 70.4. The van der Waals surface area contributed by atoms with Crippen LogP contribution in [0.3, 0.4) is 0 Å². The molecule has 1 aliphatic carbocycles. The number of ether oxygens (including phenoxy) is 7. The lowest BCUT2D eigenvalue weighted by Gasteiger charge is -2.49. The fourth-order valence-electron chi connectivity index (χ4n) is 12.1. The number of carbonyl (C=O) groups is 3. The molecule has 0 aromatic carbocycles. The monoisotopic (exact) mass is 1400 g/mol. The molecule has 1 saturated carbocycles. The van der Waals surface area contributed by atoms with Crippen LogP contribution in [0, 0.1) is 0 Å². The van der Waals surface area contributed by atoms with Gasteiger partial charge in [-0.1, -0.05) is 212 Å². The first-order chi connectivity index (χ1) is 46.3. The largest absolute Gasteiger partial charge is 0.472 e. The molecule has 25 heteroatoms. The average molecular weight is 1400 g/mol. The number of hydrogen-bond acceptors (Lipinski definition) is 23. The summed E-state index contributed by atoms with van der Waals surface area (Å²) in [5.74, 6) is -2.02. The molecule has 0 aromatic heterocycles. The number of aliphatic hydroxyl groups is 10. The van der Waals surface area contributed by atoms with E-state index in [0.717, 1.165) is 96.3 Å². The molecule has 18 unspecified atom stereocenters. The van der Waals surface area contributed by atoms with E-state index in [-0.39, 0.29) is 19.3 Å². The van der Waals surface area contributed by atoms with Gasteiger partial charge in [-0.05, 0) is 70.6 Å². The van der Waals surface area contributed by atoms with Gasteiger partial charge in [0.25, 0.3) is 0 Å². The van der Waals surface area contributed by atoms with Crippen LogP contribution in [0.2, 0.25) is 0 Å². The van der Waals surface area contributed by atoms with Gasteiger partial charge < -0.3 is 89.1 Å². The third-order valence-corrected chi connectivity index (χ3v) is 19.2. The highest BCUT2D eigenvalue weighted by Crippen LogP contribution is 2.49. The predicted octanol–water partition coefficient (Wildman–Crippen LogP) is 9.74. The van der Waals surface area contributed by atoms with E-state index in [9.17, 15) is 74.9 Å². The topological polar surface area (TPSA) is 374 Å². The second kappa shape index (κ2) is 53.3. The van der Waals surface area contributed by atoms with E-state index in [2.05, 4.69) is 45.1 Å². The minimum Gasteiger partial charge on any atom is -0.463 e. The zero-order valence-corrected chi connectivity index (χ0v) is 59.3. The van der Waals surface area contributed by atoms with E-state index in [4.69, 9.17) is 42.2 Å². The molecule has 3 fully saturated rings. The minimum atomic E-state index is -5.70. The van der Waals surface area contributed by atoms with Gasteiger partial charge in [0.2, 0.25) is 0 Å². The third kappa shape index (κ3) is 36.4. The van der Waals surface area contributed by atoms with E-state index in [1.807, 2.05) is 0 Å². The van der Waals surface area contributed by atoms with Crippen molar-refractivity contribution in [1.29, 1.82) is 0 Å². The SMILES string of the molecule is CCCCCCCC/C=C\CCCCCC(=O)OCC(COP(=O)(O)OC1C(OC2OC(CO)C(O)C(O)C2O)C(O)C(O)C(O)C1OC1OC(COC(=O)CCCCC/C=C\CCCCCCCC)C(O)C(O)C1O)OC(=O)CCCCCCCCCCCCCCCCC. The van der Waals surface area contributed by atoms with Crippen LogP contribution in [-0.2, 0) is 61.2 Å². The summed E-state index contributed by atoms with van der Waals surface area (Å²) in [6, 6.07) is 0. The fraction of sp³-hybridized carbons (Fsp3) is 0.901. The summed E-state index contributed by atoms with van der Waals surface area (Å²) in [5, 5.41) is 110. The lowest BCUT2D eigenvalue weighted by molar-refractivity contribution is -0.360. The van der Waals surface area contributed by atoms with Crippen molar-refractivity contribution in [1.82, 2.24) is 0 Å². The summed E-state index contributed by atoms with van der Waals surface area (Å²) >= 11 is 0. The number of aliphatic hydroxyl groups excluding tert-OH is 10. The molecule has 2 heterocycles. The first-order valence-corrected chi connectivity index (χ1v) is 38.6. The van der Waals surface area contributed by atoms with Gasteiger partial charge >= 0.3 is 25.7 Å². The maximum absolute atomic E-state index is 14.3. The molecule has 2 aliphatic heterocycles. The average Bonchev–Trinajstić information content (AvgIpc) is 0.739. The van der Waals surface area contributed by atoms with Gasteiger partial charge in [-0.3, -0.25) is 23.4 Å². The number of esters is 3. The van der Waals surface area contributed by atoms with Crippen LogP contribution in [-0.4, -0.2) is 204 Å².